The Morgan fingerprint density at radius 1 is 1.25 bits per heavy atom. The van der Waals surface area contributed by atoms with Crippen LogP contribution < -0.4 is 10.1 Å². The highest BCUT2D eigenvalue weighted by Crippen LogP contribution is 2.27. The minimum absolute atomic E-state index is 0.250. The van der Waals surface area contributed by atoms with Gasteiger partial charge in [0.1, 0.15) is 11.6 Å². The molecule has 0 fully saturated rings. The van der Waals surface area contributed by atoms with E-state index in [1.807, 2.05) is 13.1 Å². The van der Waals surface area contributed by atoms with Crippen LogP contribution in [-0.2, 0) is 6.54 Å². The number of nitrogens with one attached hydrogen (secondary N) is 1. The summed E-state index contributed by atoms with van der Waals surface area (Å²) >= 11 is 0. The lowest BCUT2D eigenvalue weighted by Crippen LogP contribution is -2.06. The number of rotatable bonds is 6. The van der Waals surface area contributed by atoms with E-state index in [1.54, 1.807) is 18.5 Å². The molecule has 1 N–H and O–H groups in total. The third-order valence-corrected chi connectivity index (χ3v) is 2.94. The average molecular weight is 274 g/mol. The largest absolute Gasteiger partial charge is 0.492 e. The number of aromatic nitrogens is 1. The minimum atomic E-state index is -0.250. The highest BCUT2D eigenvalue weighted by atomic mass is 19.1. The molecular formula is C16H19FN2O. The van der Waals surface area contributed by atoms with E-state index in [0.29, 0.717) is 18.9 Å². The van der Waals surface area contributed by atoms with Gasteiger partial charge in [0.15, 0.2) is 0 Å². The molecule has 0 spiro atoms. The summed E-state index contributed by atoms with van der Waals surface area (Å²) in [6.07, 6.45) is 4.35. The van der Waals surface area contributed by atoms with Gasteiger partial charge in [0.2, 0.25) is 0 Å². The molecule has 1 aromatic carbocycles. The molecule has 1 aromatic heterocycles. The van der Waals surface area contributed by atoms with Gasteiger partial charge >= 0.3 is 0 Å². The van der Waals surface area contributed by atoms with E-state index >= 15 is 0 Å². The van der Waals surface area contributed by atoms with E-state index in [-0.39, 0.29) is 5.82 Å². The van der Waals surface area contributed by atoms with Gasteiger partial charge < -0.3 is 10.1 Å². The molecule has 0 aliphatic carbocycles. The van der Waals surface area contributed by atoms with Crippen LogP contribution in [0.4, 0.5) is 4.39 Å². The first kappa shape index (κ1) is 14.5. The maximum absolute atomic E-state index is 13.5. The zero-order valence-corrected chi connectivity index (χ0v) is 11.8. The predicted molar refractivity (Wildman–Crippen MR) is 78.2 cm³/mol. The van der Waals surface area contributed by atoms with Gasteiger partial charge in [-0.05, 0) is 42.8 Å². The first-order valence-electron chi connectivity index (χ1n) is 6.76. The van der Waals surface area contributed by atoms with Gasteiger partial charge in [-0.1, -0.05) is 13.0 Å². The second-order valence-electron chi connectivity index (χ2n) is 4.59. The Morgan fingerprint density at radius 2 is 2.10 bits per heavy atom. The highest BCUT2D eigenvalue weighted by Gasteiger charge is 2.08. The fourth-order valence-electron chi connectivity index (χ4n) is 2.03. The van der Waals surface area contributed by atoms with Gasteiger partial charge in [-0.15, -0.1) is 0 Å². The fraction of sp³-hybridized carbons (Fsp3) is 0.312. The zero-order valence-electron chi connectivity index (χ0n) is 11.8. The van der Waals surface area contributed by atoms with Gasteiger partial charge in [-0.2, -0.15) is 0 Å². The Labute approximate surface area is 118 Å². The Bertz CT molecular complexity index is 572. The van der Waals surface area contributed by atoms with Gasteiger partial charge in [-0.25, -0.2) is 4.39 Å². The lowest BCUT2D eigenvalue weighted by molar-refractivity contribution is 0.316. The van der Waals surface area contributed by atoms with Crippen LogP contribution >= 0.6 is 0 Å². The molecule has 0 saturated heterocycles. The van der Waals surface area contributed by atoms with Crippen LogP contribution in [0.2, 0.25) is 0 Å². The van der Waals surface area contributed by atoms with E-state index in [4.69, 9.17) is 4.74 Å². The molecule has 2 rings (SSSR count). The molecule has 1 heterocycles. The van der Waals surface area contributed by atoms with Crippen molar-refractivity contribution in [1.29, 1.82) is 0 Å². The quantitative estimate of drug-likeness (QED) is 0.876. The van der Waals surface area contributed by atoms with Crippen LogP contribution in [0, 0.1) is 5.82 Å². The predicted octanol–water partition coefficient (Wildman–Crippen LogP) is 3.40. The summed E-state index contributed by atoms with van der Waals surface area (Å²) in [5, 5.41) is 3.09. The Morgan fingerprint density at radius 3 is 2.85 bits per heavy atom. The Kier molecular flexibility index (Phi) is 5.07. The first-order chi connectivity index (χ1) is 9.74. The number of hydrogen-bond acceptors (Lipinski definition) is 3. The van der Waals surface area contributed by atoms with E-state index in [2.05, 4.69) is 17.2 Å². The maximum Gasteiger partial charge on any atom is 0.138 e. The van der Waals surface area contributed by atoms with Crippen molar-refractivity contribution in [3.63, 3.8) is 0 Å². The van der Waals surface area contributed by atoms with E-state index in [1.165, 1.54) is 12.1 Å². The Hall–Kier alpha value is -1.94. The maximum atomic E-state index is 13.5. The standard InChI is InChI=1S/C16H19FN2O/c1-3-6-20-15-7-13(10-19-11-15)16-8-14(17)5-4-12(16)9-18-2/h4-5,7-8,10-11,18H,3,6,9H2,1-2H3. The molecule has 0 amide bonds. The van der Waals surface area contributed by atoms with Crippen molar-refractivity contribution in [2.45, 2.75) is 19.9 Å². The number of ether oxygens (including phenoxy) is 1. The second-order valence-corrected chi connectivity index (χ2v) is 4.59. The summed E-state index contributed by atoms with van der Waals surface area (Å²) < 4.78 is 19.1. The molecule has 0 radical (unpaired) electrons. The first-order valence-corrected chi connectivity index (χ1v) is 6.76. The molecule has 3 nitrogen and oxygen atoms in total. The fourth-order valence-corrected chi connectivity index (χ4v) is 2.03. The van der Waals surface area contributed by atoms with Crippen LogP contribution in [-0.4, -0.2) is 18.6 Å². The van der Waals surface area contributed by atoms with Gasteiger partial charge in [0.25, 0.3) is 0 Å². The van der Waals surface area contributed by atoms with Crippen LogP contribution in [0.15, 0.2) is 36.7 Å². The van der Waals surface area contributed by atoms with E-state index in [9.17, 15) is 4.39 Å². The van der Waals surface area contributed by atoms with Gasteiger partial charge in [-0.3, -0.25) is 4.98 Å². The third kappa shape index (κ3) is 3.54. The summed E-state index contributed by atoms with van der Waals surface area (Å²) in [6.45, 7) is 3.38. The summed E-state index contributed by atoms with van der Waals surface area (Å²) in [7, 11) is 1.87. The summed E-state index contributed by atoms with van der Waals surface area (Å²) in [6, 6.07) is 6.70. The molecule has 0 aliphatic rings. The number of hydrogen-bond donors (Lipinski definition) is 1. The van der Waals surface area contributed by atoms with Gasteiger partial charge in [0.05, 0.1) is 12.8 Å². The highest BCUT2D eigenvalue weighted by molar-refractivity contribution is 5.67. The van der Waals surface area contributed by atoms with Crippen molar-refractivity contribution in [3.05, 3.63) is 48.0 Å². The van der Waals surface area contributed by atoms with Crippen LogP contribution in [0.25, 0.3) is 11.1 Å². The van der Waals surface area contributed by atoms with Gasteiger partial charge in [0, 0.05) is 18.3 Å². The van der Waals surface area contributed by atoms with Crippen LogP contribution in [0.5, 0.6) is 5.75 Å². The average Bonchev–Trinajstić information content (AvgIpc) is 2.47. The van der Waals surface area contributed by atoms with Crippen LogP contribution in [0.3, 0.4) is 0 Å². The lowest BCUT2D eigenvalue weighted by atomic mass is 10.0. The molecule has 2 aromatic rings. The molecule has 0 saturated carbocycles. The second kappa shape index (κ2) is 7.01. The Balaban J connectivity index is 2.37. The smallest absolute Gasteiger partial charge is 0.138 e. The van der Waals surface area contributed by atoms with E-state index in [0.717, 1.165) is 23.1 Å². The third-order valence-electron chi connectivity index (χ3n) is 2.94. The summed E-state index contributed by atoms with van der Waals surface area (Å²) in [5.41, 5.74) is 2.74. The molecule has 0 aliphatic heterocycles. The van der Waals surface area contributed by atoms with E-state index < -0.39 is 0 Å². The van der Waals surface area contributed by atoms with Crippen molar-refractivity contribution < 1.29 is 9.13 Å². The summed E-state index contributed by atoms with van der Waals surface area (Å²) in [4.78, 5) is 4.18. The monoisotopic (exact) mass is 274 g/mol. The number of nitrogens with zero attached hydrogens (tertiary/aromatic N) is 1. The molecule has 106 valence electrons. The van der Waals surface area contributed by atoms with Crippen molar-refractivity contribution in [2.24, 2.45) is 0 Å². The summed E-state index contributed by atoms with van der Waals surface area (Å²) in [5.74, 6) is 0.462. The topological polar surface area (TPSA) is 34.1 Å². The van der Waals surface area contributed by atoms with Crippen molar-refractivity contribution in [2.75, 3.05) is 13.7 Å². The van der Waals surface area contributed by atoms with Crippen molar-refractivity contribution in [1.82, 2.24) is 10.3 Å². The molecular weight excluding hydrogens is 255 g/mol. The lowest BCUT2D eigenvalue weighted by Gasteiger charge is -2.11. The minimum Gasteiger partial charge on any atom is -0.492 e. The normalized spacial score (nSPS) is 10.6. The zero-order chi connectivity index (χ0) is 14.4. The molecule has 4 heteroatoms. The molecule has 20 heavy (non-hydrogen) atoms. The number of benzene rings is 1. The molecule has 0 atom stereocenters. The van der Waals surface area contributed by atoms with Crippen molar-refractivity contribution >= 4 is 0 Å². The number of halogens is 1. The number of pyridine rings is 1. The van der Waals surface area contributed by atoms with Crippen LogP contribution in [0.1, 0.15) is 18.9 Å². The molecule has 0 bridgehead atoms. The molecule has 0 unspecified atom stereocenters. The van der Waals surface area contributed by atoms with Crippen molar-refractivity contribution in [3.8, 4) is 16.9 Å². The SMILES string of the molecule is CCCOc1cncc(-c2cc(F)ccc2CNC)c1.